The fraction of sp³-hybridized carbons (Fsp3) is 0.950. The van der Waals surface area contributed by atoms with Crippen molar-refractivity contribution in [1.29, 1.82) is 0 Å². The Kier molecular flexibility index (Phi) is 9.72. The molecule has 2 rings (SSSR count). The van der Waals surface area contributed by atoms with E-state index < -0.39 is 0 Å². The van der Waals surface area contributed by atoms with E-state index in [1.165, 1.54) is 25.9 Å². The number of nitrogens with zero attached hydrogens (tertiary/aromatic N) is 3. The van der Waals surface area contributed by atoms with E-state index in [-0.39, 0.29) is 0 Å². The fourth-order valence-electron chi connectivity index (χ4n) is 3.79. The molecule has 0 radical (unpaired) electrons. The Hall–Kier alpha value is -0.850. The molecule has 0 bridgehead atoms. The quantitative estimate of drug-likeness (QED) is 0.504. The maximum absolute atomic E-state index is 5.41. The normalized spacial score (nSPS) is 22.6. The van der Waals surface area contributed by atoms with E-state index in [2.05, 4.69) is 48.1 Å². The van der Waals surface area contributed by atoms with E-state index in [1.54, 1.807) is 0 Å². The molecule has 2 aliphatic rings. The largest absolute Gasteiger partial charge is 0.379 e. The Labute approximate surface area is 160 Å². The van der Waals surface area contributed by atoms with E-state index in [9.17, 15) is 0 Å². The summed E-state index contributed by atoms with van der Waals surface area (Å²) in [4.78, 5) is 10.0. The van der Waals surface area contributed by atoms with Crippen LogP contribution in [0, 0.1) is 11.8 Å². The van der Waals surface area contributed by atoms with E-state index in [0.717, 1.165) is 64.4 Å². The first-order valence-corrected chi connectivity index (χ1v) is 10.7. The third-order valence-corrected chi connectivity index (χ3v) is 5.66. The van der Waals surface area contributed by atoms with Crippen LogP contribution in [-0.4, -0.2) is 87.4 Å². The molecular formula is C20H41N5O. The Morgan fingerprint density at radius 1 is 1.12 bits per heavy atom. The number of ether oxygens (including phenoxy) is 1. The second-order valence-corrected chi connectivity index (χ2v) is 8.13. The van der Waals surface area contributed by atoms with Crippen molar-refractivity contribution in [3.05, 3.63) is 0 Å². The van der Waals surface area contributed by atoms with Crippen molar-refractivity contribution in [1.82, 2.24) is 20.4 Å². The van der Waals surface area contributed by atoms with Crippen molar-refractivity contribution in [3.63, 3.8) is 0 Å². The minimum Gasteiger partial charge on any atom is -0.379 e. The van der Waals surface area contributed by atoms with Gasteiger partial charge in [-0.3, -0.25) is 14.8 Å². The number of piperidine rings is 1. The van der Waals surface area contributed by atoms with Crippen LogP contribution >= 0.6 is 0 Å². The molecule has 2 N–H and O–H groups in total. The van der Waals surface area contributed by atoms with Crippen LogP contribution in [0.3, 0.4) is 0 Å². The number of likely N-dealkylation sites (tertiary alicyclic amines) is 1. The first-order valence-electron chi connectivity index (χ1n) is 10.7. The molecule has 0 aromatic heterocycles. The SMILES string of the molecule is CCNC(=NCC(C(C)C)N1CCC(C)CC1)NCCN1CCOCC1. The molecule has 2 saturated heterocycles. The number of aliphatic imine (C=N–C) groups is 1. The highest BCUT2D eigenvalue weighted by atomic mass is 16.5. The summed E-state index contributed by atoms with van der Waals surface area (Å²) in [5.41, 5.74) is 0. The molecule has 0 spiro atoms. The standard InChI is InChI=1S/C20H41N5O/c1-5-21-20(22-8-11-24-12-14-26-15-13-24)23-16-19(17(2)3)25-9-6-18(4)7-10-25/h17-19H,5-16H2,1-4H3,(H2,21,22,23). The molecule has 0 saturated carbocycles. The van der Waals surface area contributed by atoms with Gasteiger partial charge in [-0.15, -0.1) is 0 Å². The van der Waals surface area contributed by atoms with Gasteiger partial charge >= 0.3 is 0 Å². The molecule has 2 aliphatic heterocycles. The topological polar surface area (TPSA) is 52.1 Å². The van der Waals surface area contributed by atoms with Crippen molar-refractivity contribution in [2.75, 3.05) is 65.6 Å². The molecule has 0 amide bonds. The van der Waals surface area contributed by atoms with Gasteiger partial charge in [-0.2, -0.15) is 0 Å². The third kappa shape index (κ3) is 7.41. The monoisotopic (exact) mass is 367 g/mol. The van der Waals surface area contributed by atoms with E-state index >= 15 is 0 Å². The highest BCUT2D eigenvalue weighted by molar-refractivity contribution is 5.79. The summed E-state index contributed by atoms with van der Waals surface area (Å²) < 4.78 is 5.41. The maximum atomic E-state index is 5.41. The lowest BCUT2D eigenvalue weighted by Crippen LogP contribution is -2.47. The molecule has 6 heteroatoms. The van der Waals surface area contributed by atoms with Gasteiger partial charge < -0.3 is 15.4 Å². The zero-order valence-electron chi connectivity index (χ0n) is 17.5. The number of morpholine rings is 1. The molecule has 0 aromatic rings. The summed E-state index contributed by atoms with van der Waals surface area (Å²) in [6.07, 6.45) is 2.65. The van der Waals surface area contributed by atoms with Gasteiger partial charge in [0.2, 0.25) is 0 Å². The lowest BCUT2D eigenvalue weighted by atomic mass is 9.94. The van der Waals surface area contributed by atoms with Gasteiger partial charge in [0.1, 0.15) is 0 Å². The predicted octanol–water partition coefficient (Wildman–Crippen LogP) is 1.63. The van der Waals surface area contributed by atoms with Crippen LogP contribution in [0.25, 0.3) is 0 Å². The fourth-order valence-corrected chi connectivity index (χ4v) is 3.79. The Morgan fingerprint density at radius 2 is 1.81 bits per heavy atom. The lowest BCUT2D eigenvalue weighted by molar-refractivity contribution is 0.0389. The molecule has 2 heterocycles. The smallest absolute Gasteiger partial charge is 0.191 e. The maximum Gasteiger partial charge on any atom is 0.191 e. The average molecular weight is 368 g/mol. The van der Waals surface area contributed by atoms with Crippen molar-refractivity contribution in [2.24, 2.45) is 16.8 Å². The van der Waals surface area contributed by atoms with Crippen LogP contribution in [0.2, 0.25) is 0 Å². The number of rotatable bonds is 8. The predicted molar refractivity (Wildman–Crippen MR) is 110 cm³/mol. The van der Waals surface area contributed by atoms with E-state index in [1.807, 2.05) is 0 Å². The Morgan fingerprint density at radius 3 is 2.42 bits per heavy atom. The second-order valence-electron chi connectivity index (χ2n) is 8.13. The van der Waals surface area contributed by atoms with E-state index in [4.69, 9.17) is 9.73 Å². The minimum atomic E-state index is 0.539. The van der Waals surface area contributed by atoms with Crippen LogP contribution in [0.1, 0.15) is 40.5 Å². The van der Waals surface area contributed by atoms with Gasteiger partial charge in [-0.05, 0) is 44.7 Å². The lowest BCUT2D eigenvalue weighted by Gasteiger charge is -2.38. The molecule has 152 valence electrons. The zero-order valence-corrected chi connectivity index (χ0v) is 17.5. The van der Waals surface area contributed by atoms with Crippen molar-refractivity contribution in [2.45, 2.75) is 46.6 Å². The number of hydrogen-bond acceptors (Lipinski definition) is 4. The van der Waals surface area contributed by atoms with Gasteiger partial charge in [-0.1, -0.05) is 20.8 Å². The second kappa shape index (κ2) is 11.8. The van der Waals surface area contributed by atoms with Gasteiger partial charge in [0.05, 0.1) is 19.8 Å². The third-order valence-electron chi connectivity index (χ3n) is 5.66. The Balaban J connectivity index is 1.82. The minimum absolute atomic E-state index is 0.539. The summed E-state index contributed by atoms with van der Waals surface area (Å²) >= 11 is 0. The van der Waals surface area contributed by atoms with Crippen molar-refractivity contribution >= 4 is 5.96 Å². The molecular weight excluding hydrogens is 326 g/mol. The van der Waals surface area contributed by atoms with Gasteiger partial charge in [0, 0.05) is 38.8 Å². The molecule has 26 heavy (non-hydrogen) atoms. The first kappa shape index (κ1) is 21.5. The van der Waals surface area contributed by atoms with Crippen LogP contribution in [0.4, 0.5) is 0 Å². The average Bonchev–Trinajstić information content (AvgIpc) is 2.64. The van der Waals surface area contributed by atoms with Gasteiger partial charge in [0.25, 0.3) is 0 Å². The van der Waals surface area contributed by atoms with Gasteiger partial charge in [0.15, 0.2) is 5.96 Å². The molecule has 2 fully saturated rings. The first-order chi connectivity index (χ1) is 12.6. The van der Waals surface area contributed by atoms with Crippen LogP contribution in [0.5, 0.6) is 0 Å². The van der Waals surface area contributed by atoms with Crippen LogP contribution < -0.4 is 10.6 Å². The number of nitrogens with one attached hydrogen (secondary N) is 2. The van der Waals surface area contributed by atoms with Crippen LogP contribution in [-0.2, 0) is 4.74 Å². The summed E-state index contributed by atoms with van der Waals surface area (Å²) in [7, 11) is 0. The summed E-state index contributed by atoms with van der Waals surface area (Å²) in [6, 6.07) is 0.539. The summed E-state index contributed by atoms with van der Waals surface area (Å²) in [5.74, 6) is 2.46. The molecule has 1 atom stereocenters. The van der Waals surface area contributed by atoms with Gasteiger partial charge in [-0.25, -0.2) is 0 Å². The molecule has 1 unspecified atom stereocenters. The van der Waals surface area contributed by atoms with Crippen molar-refractivity contribution < 1.29 is 4.74 Å². The molecule has 0 aromatic carbocycles. The summed E-state index contributed by atoms with van der Waals surface area (Å²) in [5, 5.41) is 6.91. The summed E-state index contributed by atoms with van der Waals surface area (Å²) in [6.45, 7) is 19.2. The number of hydrogen-bond donors (Lipinski definition) is 2. The van der Waals surface area contributed by atoms with Crippen molar-refractivity contribution in [3.8, 4) is 0 Å². The van der Waals surface area contributed by atoms with E-state index in [0.29, 0.717) is 12.0 Å². The molecule has 0 aliphatic carbocycles. The molecule has 6 nitrogen and oxygen atoms in total. The number of guanidine groups is 1. The highest BCUT2D eigenvalue weighted by Gasteiger charge is 2.25. The highest BCUT2D eigenvalue weighted by Crippen LogP contribution is 2.21. The Bertz CT molecular complexity index is 401. The zero-order chi connectivity index (χ0) is 18.8. The van der Waals surface area contributed by atoms with Crippen LogP contribution in [0.15, 0.2) is 4.99 Å².